The van der Waals surface area contributed by atoms with Crippen LogP contribution in [-0.2, 0) is 32.0 Å². The molecule has 2 fully saturated rings. The third kappa shape index (κ3) is 17.0. The first-order valence-corrected chi connectivity index (χ1v) is 19.7. The van der Waals surface area contributed by atoms with Gasteiger partial charge in [0.15, 0.2) is 37.4 Å². The second kappa shape index (κ2) is 26.8. The van der Waals surface area contributed by atoms with Gasteiger partial charge in [0.1, 0.15) is 13.1 Å². The number of aryl methyl sites for hydroxylation is 2. The first-order chi connectivity index (χ1) is 23.2. The van der Waals surface area contributed by atoms with Crippen molar-refractivity contribution >= 4 is 0 Å². The molecule has 0 unspecified atom stereocenters. The van der Waals surface area contributed by atoms with Crippen molar-refractivity contribution in [3.05, 3.63) is 60.2 Å². The van der Waals surface area contributed by atoms with E-state index in [2.05, 4.69) is 72.0 Å². The molecule has 4 rings (SSSR count). The molecule has 0 aromatic carbocycles. The summed E-state index contributed by atoms with van der Waals surface area (Å²) >= 11 is 0. The van der Waals surface area contributed by atoms with Gasteiger partial charge in [-0.2, -0.15) is 0 Å². The molecule has 2 aliphatic rings. The predicted molar refractivity (Wildman–Crippen MR) is 189 cm³/mol. The molecule has 6 nitrogen and oxygen atoms in total. The Kier molecular flexibility index (Phi) is 24.2. The lowest BCUT2D eigenvalue weighted by atomic mass is 9.90. The first-order valence-electron chi connectivity index (χ1n) is 19.7. The Morgan fingerprint density at radius 1 is 0.449 bits per heavy atom. The molecule has 0 bridgehead atoms. The standard InChI is InChI=1S/C41H68N2O4.2BrH/c1-3-5-7-9-11-13-15-17-19-21-27-42-29-23-37(24-30-42)39-44-33-41(34-45-39)35-46-40(47-36-41)38-25-31-43(32-26-38)28-22-20-18-16-14-12-10-8-6-4-2;;/h23-26,29-32,39-40H,3-22,27-28,33-36H2,1-2H3;2*1H/q+2;;/p-2. The van der Waals surface area contributed by atoms with Crippen molar-refractivity contribution < 1.29 is 62.0 Å². The van der Waals surface area contributed by atoms with Crippen LogP contribution in [0.3, 0.4) is 0 Å². The minimum absolute atomic E-state index is 0. The fourth-order valence-corrected chi connectivity index (χ4v) is 6.85. The minimum Gasteiger partial charge on any atom is -1.00 e. The first kappa shape index (κ1) is 44.3. The van der Waals surface area contributed by atoms with Crippen LogP contribution in [0.4, 0.5) is 0 Å². The zero-order chi connectivity index (χ0) is 32.8. The molecule has 2 aromatic rings. The minimum atomic E-state index is -0.328. The van der Waals surface area contributed by atoms with Gasteiger partial charge in [-0.05, 0) is 12.8 Å². The monoisotopic (exact) mass is 810 g/mol. The van der Waals surface area contributed by atoms with Gasteiger partial charge in [0.25, 0.3) is 0 Å². The van der Waals surface area contributed by atoms with Gasteiger partial charge in [-0.1, -0.05) is 117 Å². The number of aromatic nitrogens is 2. The van der Waals surface area contributed by atoms with Gasteiger partial charge >= 0.3 is 0 Å². The van der Waals surface area contributed by atoms with E-state index in [1.54, 1.807) is 0 Å². The van der Waals surface area contributed by atoms with Crippen molar-refractivity contribution in [3.8, 4) is 0 Å². The SMILES string of the molecule is CCCCCCCCCCCC[n+]1ccc(C2OCC3(CO2)COC(c2cc[n+](CCCCCCCCCCCC)cc2)OC3)cc1.[Br-].[Br-]. The van der Waals surface area contributed by atoms with Crippen molar-refractivity contribution in [2.75, 3.05) is 26.4 Å². The van der Waals surface area contributed by atoms with Crippen LogP contribution in [0.15, 0.2) is 49.1 Å². The van der Waals surface area contributed by atoms with Crippen LogP contribution < -0.4 is 43.1 Å². The Bertz CT molecular complexity index is 967. The molecule has 0 amide bonds. The van der Waals surface area contributed by atoms with Gasteiger partial charge in [0, 0.05) is 48.2 Å². The lowest BCUT2D eigenvalue weighted by Gasteiger charge is -2.43. The average molecular weight is 813 g/mol. The number of nitrogens with zero attached hydrogens (tertiary/aromatic N) is 2. The molecule has 0 atom stereocenters. The topological polar surface area (TPSA) is 44.7 Å². The Morgan fingerprint density at radius 3 is 1.00 bits per heavy atom. The molecular formula is C41H68Br2N2O4. The Balaban J connectivity index is 0.00000417. The second-order valence-electron chi connectivity index (χ2n) is 14.5. The van der Waals surface area contributed by atoms with Crippen LogP contribution in [-0.4, -0.2) is 26.4 Å². The lowest BCUT2D eigenvalue weighted by Crippen LogP contribution is -3.00. The fourth-order valence-electron chi connectivity index (χ4n) is 6.85. The van der Waals surface area contributed by atoms with Crippen LogP contribution in [0.2, 0.25) is 0 Å². The van der Waals surface area contributed by atoms with Gasteiger partial charge in [-0.25, -0.2) is 9.13 Å². The predicted octanol–water partition coefficient (Wildman–Crippen LogP) is 3.89. The molecule has 1 spiro atoms. The highest BCUT2D eigenvalue weighted by atomic mass is 79.9. The summed E-state index contributed by atoms with van der Waals surface area (Å²) in [7, 11) is 0. The number of rotatable bonds is 24. The Labute approximate surface area is 320 Å². The quantitative estimate of drug-likeness (QED) is 0.119. The molecule has 49 heavy (non-hydrogen) atoms. The Morgan fingerprint density at radius 2 is 0.714 bits per heavy atom. The summed E-state index contributed by atoms with van der Waals surface area (Å²) in [6.07, 6.45) is 35.4. The largest absolute Gasteiger partial charge is 1.00 e. The summed E-state index contributed by atoms with van der Waals surface area (Å²) in [4.78, 5) is 0. The van der Waals surface area contributed by atoms with E-state index >= 15 is 0 Å². The number of halogens is 2. The summed E-state index contributed by atoms with van der Waals surface area (Å²) in [5, 5.41) is 0. The molecule has 2 aliphatic heterocycles. The molecule has 0 N–H and O–H groups in total. The highest BCUT2D eigenvalue weighted by molar-refractivity contribution is 5.11. The Hall–Kier alpha value is -0.900. The molecule has 4 heterocycles. The van der Waals surface area contributed by atoms with Crippen LogP contribution in [0.1, 0.15) is 166 Å². The van der Waals surface area contributed by atoms with E-state index in [-0.39, 0.29) is 52.0 Å². The van der Waals surface area contributed by atoms with E-state index in [0.717, 1.165) is 24.2 Å². The van der Waals surface area contributed by atoms with Gasteiger partial charge < -0.3 is 52.9 Å². The van der Waals surface area contributed by atoms with E-state index in [4.69, 9.17) is 18.9 Å². The van der Waals surface area contributed by atoms with Crippen molar-refractivity contribution in [1.29, 1.82) is 0 Å². The van der Waals surface area contributed by atoms with Gasteiger partial charge in [-0.3, -0.25) is 0 Å². The zero-order valence-electron chi connectivity index (χ0n) is 30.9. The molecule has 0 aliphatic carbocycles. The van der Waals surface area contributed by atoms with Crippen molar-refractivity contribution in [2.24, 2.45) is 5.41 Å². The summed E-state index contributed by atoms with van der Waals surface area (Å²) in [6, 6.07) is 8.56. The molecule has 2 aromatic heterocycles. The molecule has 0 radical (unpaired) electrons. The van der Waals surface area contributed by atoms with Crippen LogP contribution >= 0.6 is 0 Å². The maximum Gasteiger partial charge on any atom is 0.184 e. The zero-order valence-corrected chi connectivity index (χ0v) is 34.1. The third-order valence-corrected chi connectivity index (χ3v) is 10.1. The van der Waals surface area contributed by atoms with Gasteiger partial charge in [0.2, 0.25) is 0 Å². The van der Waals surface area contributed by atoms with E-state index in [9.17, 15) is 0 Å². The summed E-state index contributed by atoms with van der Waals surface area (Å²) in [5.41, 5.74) is 1.90. The summed E-state index contributed by atoms with van der Waals surface area (Å²) in [6.45, 7) is 9.01. The highest BCUT2D eigenvalue weighted by Crippen LogP contribution is 2.37. The van der Waals surface area contributed by atoms with Crippen LogP contribution in [0.5, 0.6) is 0 Å². The fraction of sp³-hybridized carbons (Fsp3) is 0.756. The second-order valence-corrected chi connectivity index (χ2v) is 14.5. The number of ether oxygens (including phenoxy) is 4. The molecule has 2 saturated heterocycles. The van der Waals surface area contributed by atoms with Gasteiger partial charge in [0.05, 0.1) is 31.8 Å². The maximum absolute atomic E-state index is 6.21. The number of unbranched alkanes of at least 4 members (excludes halogenated alkanes) is 18. The van der Waals surface area contributed by atoms with E-state index in [0.29, 0.717) is 26.4 Å². The average Bonchev–Trinajstić information content (AvgIpc) is 3.11. The third-order valence-electron chi connectivity index (χ3n) is 10.1. The molecule has 0 saturated carbocycles. The van der Waals surface area contributed by atoms with E-state index in [1.807, 2.05) is 0 Å². The molecule has 8 heteroatoms. The highest BCUT2D eigenvalue weighted by Gasteiger charge is 2.42. The number of hydrogen-bond acceptors (Lipinski definition) is 4. The van der Waals surface area contributed by atoms with Crippen molar-refractivity contribution in [1.82, 2.24) is 0 Å². The summed E-state index contributed by atoms with van der Waals surface area (Å²) in [5.74, 6) is 0. The van der Waals surface area contributed by atoms with Crippen molar-refractivity contribution in [2.45, 2.75) is 168 Å². The molecule has 280 valence electrons. The lowest BCUT2D eigenvalue weighted by molar-refractivity contribution is -0.697. The summed E-state index contributed by atoms with van der Waals surface area (Å²) < 4.78 is 29.4. The smallest absolute Gasteiger partial charge is 0.184 e. The van der Waals surface area contributed by atoms with Gasteiger partial charge in [-0.15, -0.1) is 0 Å². The molecular weight excluding hydrogens is 744 g/mol. The van der Waals surface area contributed by atoms with Crippen molar-refractivity contribution in [3.63, 3.8) is 0 Å². The maximum atomic E-state index is 6.21. The number of pyridine rings is 2. The van der Waals surface area contributed by atoms with E-state index in [1.165, 1.54) is 128 Å². The van der Waals surface area contributed by atoms with Crippen LogP contribution in [0, 0.1) is 5.41 Å². The normalized spacial score (nSPS) is 20.5. The van der Waals surface area contributed by atoms with Crippen LogP contribution in [0.25, 0.3) is 0 Å². The number of hydrogen-bond donors (Lipinski definition) is 0. The van der Waals surface area contributed by atoms with E-state index < -0.39 is 0 Å².